The number of aromatic nitrogens is 2. The molecule has 1 saturated heterocycles. The quantitative estimate of drug-likeness (QED) is 0.815. The van der Waals surface area contributed by atoms with Crippen molar-refractivity contribution in [3.8, 4) is 0 Å². The van der Waals surface area contributed by atoms with Crippen molar-refractivity contribution in [2.45, 2.75) is 18.8 Å². The molecule has 2 aromatic rings. The van der Waals surface area contributed by atoms with Crippen LogP contribution in [0.5, 0.6) is 0 Å². The molecule has 5 nitrogen and oxygen atoms in total. The van der Waals surface area contributed by atoms with E-state index in [1.165, 1.54) is 0 Å². The molecule has 0 spiro atoms. The number of carbonyl (C=O) groups is 2. The van der Waals surface area contributed by atoms with E-state index < -0.39 is 0 Å². The van der Waals surface area contributed by atoms with Crippen molar-refractivity contribution >= 4 is 38.6 Å². The Morgan fingerprint density at radius 1 is 1.42 bits per heavy atom. The van der Waals surface area contributed by atoms with Crippen molar-refractivity contribution in [2.24, 2.45) is 7.05 Å². The number of carbonyl (C=O) groups excluding carboxylic acids is 2. The smallest absolute Gasteiger partial charge is 0.234 e. The fourth-order valence-electron chi connectivity index (χ4n) is 2.56. The molecule has 1 aliphatic heterocycles. The summed E-state index contributed by atoms with van der Waals surface area (Å²) < 4.78 is 2.72. The lowest BCUT2D eigenvalue weighted by molar-refractivity contribution is -0.134. The van der Waals surface area contributed by atoms with Crippen molar-refractivity contribution in [2.75, 3.05) is 0 Å². The SMILES string of the molecule is Cn1ncc2c(C3CCC(=O)NC3=O)ccc(Br)c21. The van der Waals surface area contributed by atoms with Crippen LogP contribution in [0.1, 0.15) is 24.3 Å². The van der Waals surface area contributed by atoms with Gasteiger partial charge in [-0.2, -0.15) is 5.10 Å². The highest BCUT2D eigenvalue weighted by atomic mass is 79.9. The Balaban J connectivity index is 2.13. The van der Waals surface area contributed by atoms with Gasteiger partial charge in [-0.15, -0.1) is 0 Å². The van der Waals surface area contributed by atoms with Crippen LogP contribution in [0.15, 0.2) is 22.8 Å². The first-order valence-electron chi connectivity index (χ1n) is 6.01. The molecule has 2 amide bonds. The first-order valence-corrected chi connectivity index (χ1v) is 6.81. The second-order valence-electron chi connectivity index (χ2n) is 4.67. The van der Waals surface area contributed by atoms with Crippen LogP contribution in [0.4, 0.5) is 0 Å². The number of amides is 2. The highest BCUT2D eigenvalue weighted by Crippen LogP contribution is 2.34. The number of rotatable bonds is 1. The van der Waals surface area contributed by atoms with E-state index in [1.807, 2.05) is 19.2 Å². The summed E-state index contributed by atoms with van der Waals surface area (Å²) in [7, 11) is 1.86. The Morgan fingerprint density at radius 2 is 2.21 bits per heavy atom. The zero-order valence-corrected chi connectivity index (χ0v) is 11.9. The van der Waals surface area contributed by atoms with Crippen LogP contribution in [-0.2, 0) is 16.6 Å². The van der Waals surface area contributed by atoms with Crippen LogP contribution in [0, 0.1) is 0 Å². The van der Waals surface area contributed by atoms with E-state index >= 15 is 0 Å². The van der Waals surface area contributed by atoms with Crippen LogP contribution >= 0.6 is 15.9 Å². The van der Waals surface area contributed by atoms with Crippen molar-refractivity contribution in [1.82, 2.24) is 15.1 Å². The lowest BCUT2D eigenvalue weighted by atomic mass is 9.88. The molecule has 6 heteroatoms. The van der Waals surface area contributed by atoms with Crippen molar-refractivity contribution in [1.29, 1.82) is 0 Å². The molecular weight excluding hydrogens is 310 g/mol. The zero-order valence-electron chi connectivity index (χ0n) is 10.3. The normalized spacial score (nSPS) is 19.8. The first kappa shape index (κ1) is 12.3. The van der Waals surface area contributed by atoms with E-state index in [4.69, 9.17) is 0 Å². The maximum atomic E-state index is 12.0. The Labute approximate surface area is 118 Å². The third-order valence-electron chi connectivity index (χ3n) is 3.50. The fraction of sp³-hybridized carbons (Fsp3) is 0.308. The zero-order chi connectivity index (χ0) is 13.6. The topological polar surface area (TPSA) is 64.0 Å². The van der Waals surface area contributed by atoms with Crippen LogP contribution in [0.25, 0.3) is 10.9 Å². The second-order valence-corrected chi connectivity index (χ2v) is 5.53. The van der Waals surface area contributed by atoms with Crippen LogP contribution < -0.4 is 5.32 Å². The molecule has 0 saturated carbocycles. The van der Waals surface area contributed by atoms with Gasteiger partial charge in [0.2, 0.25) is 11.8 Å². The minimum Gasteiger partial charge on any atom is -0.296 e. The molecule has 1 aromatic heterocycles. The maximum Gasteiger partial charge on any atom is 0.234 e. The highest BCUT2D eigenvalue weighted by molar-refractivity contribution is 9.10. The average molecular weight is 322 g/mol. The summed E-state index contributed by atoms with van der Waals surface area (Å²) in [5, 5.41) is 7.59. The minimum absolute atomic E-state index is 0.194. The van der Waals surface area contributed by atoms with Gasteiger partial charge in [0, 0.05) is 23.3 Å². The molecule has 3 rings (SSSR count). The third kappa shape index (κ3) is 1.96. The summed E-state index contributed by atoms with van der Waals surface area (Å²) >= 11 is 3.49. The Bertz CT molecular complexity index is 692. The van der Waals surface area contributed by atoms with Crippen LogP contribution in [0.2, 0.25) is 0 Å². The fourth-order valence-corrected chi connectivity index (χ4v) is 3.16. The van der Waals surface area contributed by atoms with Gasteiger partial charge in [-0.25, -0.2) is 0 Å². The highest BCUT2D eigenvalue weighted by Gasteiger charge is 2.29. The lowest BCUT2D eigenvalue weighted by Gasteiger charge is -2.21. The summed E-state index contributed by atoms with van der Waals surface area (Å²) in [5.74, 6) is -0.693. The average Bonchev–Trinajstić information content (AvgIpc) is 2.74. The van der Waals surface area contributed by atoms with Crippen LogP contribution in [0.3, 0.4) is 0 Å². The Morgan fingerprint density at radius 3 is 2.95 bits per heavy atom. The van der Waals surface area contributed by atoms with Gasteiger partial charge < -0.3 is 0 Å². The second kappa shape index (κ2) is 4.45. The molecule has 19 heavy (non-hydrogen) atoms. The molecule has 0 bridgehead atoms. The van der Waals surface area contributed by atoms with E-state index in [-0.39, 0.29) is 17.7 Å². The number of imide groups is 1. The minimum atomic E-state index is -0.280. The van der Waals surface area contributed by atoms with Gasteiger partial charge in [0.1, 0.15) is 0 Å². The number of nitrogens with one attached hydrogen (secondary N) is 1. The molecule has 2 heterocycles. The van der Waals surface area contributed by atoms with Crippen molar-refractivity contribution in [3.05, 3.63) is 28.4 Å². The number of halogens is 1. The largest absolute Gasteiger partial charge is 0.296 e. The Hall–Kier alpha value is -1.69. The van der Waals surface area contributed by atoms with E-state index in [2.05, 4.69) is 26.3 Å². The summed E-state index contributed by atoms with van der Waals surface area (Å²) in [6, 6.07) is 3.84. The number of benzene rings is 1. The molecule has 1 atom stereocenters. The molecule has 1 unspecified atom stereocenters. The molecule has 0 radical (unpaired) electrons. The van der Waals surface area contributed by atoms with Gasteiger partial charge in [-0.1, -0.05) is 6.07 Å². The first-order chi connectivity index (χ1) is 9.08. The number of aryl methyl sites for hydroxylation is 1. The van der Waals surface area contributed by atoms with Gasteiger partial charge in [-0.3, -0.25) is 19.6 Å². The molecule has 1 aromatic carbocycles. The van der Waals surface area contributed by atoms with Gasteiger partial charge in [0.05, 0.1) is 17.6 Å². The van der Waals surface area contributed by atoms with Gasteiger partial charge in [0.25, 0.3) is 0 Å². The van der Waals surface area contributed by atoms with E-state index in [0.717, 1.165) is 20.9 Å². The van der Waals surface area contributed by atoms with Crippen molar-refractivity contribution in [3.63, 3.8) is 0 Å². The van der Waals surface area contributed by atoms with E-state index in [9.17, 15) is 9.59 Å². The molecule has 1 fully saturated rings. The number of fused-ring (bicyclic) bond motifs is 1. The van der Waals surface area contributed by atoms with E-state index in [0.29, 0.717) is 12.8 Å². The summed E-state index contributed by atoms with van der Waals surface area (Å²) in [6.07, 6.45) is 2.70. The molecule has 1 aliphatic rings. The van der Waals surface area contributed by atoms with Crippen molar-refractivity contribution < 1.29 is 9.59 Å². The van der Waals surface area contributed by atoms with E-state index in [1.54, 1.807) is 10.9 Å². The molecule has 98 valence electrons. The van der Waals surface area contributed by atoms with Gasteiger partial charge >= 0.3 is 0 Å². The number of hydrogen-bond acceptors (Lipinski definition) is 3. The number of nitrogens with zero attached hydrogens (tertiary/aromatic N) is 2. The maximum absolute atomic E-state index is 12.0. The third-order valence-corrected chi connectivity index (χ3v) is 4.14. The Kier molecular flexibility index (Phi) is 2.89. The standard InChI is InChI=1S/C13H12BrN3O2/c1-17-12-9(6-15-17)7(2-4-10(12)14)8-3-5-11(18)16-13(8)19/h2,4,6,8H,3,5H2,1H3,(H,16,18,19). The molecule has 0 aliphatic carbocycles. The molecule has 1 N–H and O–H groups in total. The van der Waals surface area contributed by atoms with Crippen LogP contribution in [-0.4, -0.2) is 21.6 Å². The monoisotopic (exact) mass is 321 g/mol. The predicted octanol–water partition coefficient (Wildman–Crippen LogP) is 1.86. The van der Waals surface area contributed by atoms with Gasteiger partial charge in [0.15, 0.2) is 0 Å². The number of piperidine rings is 1. The summed E-state index contributed by atoms with van der Waals surface area (Å²) in [5.41, 5.74) is 1.89. The molecular formula is C13H12BrN3O2. The summed E-state index contributed by atoms with van der Waals surface area (Å²) in [6.45, 7) is 0. The summed E-state index contributed by atoms with van der Waals surface area (Å²) in [4.78, 5) is 23.2. The van der Waals surface area contributed by atoms with Gasteiger partial charge in [-0.05, 0) is 34.0 Å². The number of hydrogen-bond donors (Lipinski definition) is 1. The predicted molar refractivity (Wildman–Crippen MR) is 73.5 cm³/mol. The lowest BCUT2D eigenvalue weighted by Crippen LogP contribution is -2.39.